The Kier molecular flexibility index (Phi) is 6.35. The predicted molar refractivity (Wildman–Crippen MR) is 103 cm³/mol. The third-order valence-corrected chi connectivity index (χ3v) is 7.01. The van der Waals surface area contributed by atoms with Gasteiger partial charge in [-0.3, -0.25) is 21.0 Å². The van der Waals surface area contributed by atoms with Crippen LogP contribution in [0.2, 0.25) is 0 Å². The molecular formula is C17H25N5O5S. The van der Waals surface area contributed by atoms with Gasteiger partial charge >= 0.3 is 6.03 Å². The van der Waals surface area contributed by atoms with Gasteiger partial charge < -0.3 is 5.32 Å². The molecule has 1 aliphatic carbocycles. The van der Waals surface area contributed by atoms with E-state index in [9.17, 15) is 23.3 Å². The van der Waals surface area contributed by atoms with Gasteiger partial charge in [0.2, 0.25) is 10.0 Å². The largest absolute Gasteiger partial charge is 0.334 e. The Morgan fingerprint density at radius 1 is 1.11 bits per heavy atom. The highest BCUT2D eigenvalue weighted by molar-refractivity contribution is 7.89. The summed E-state index contributed by atoms with van der Waals surface area (Å²) in [6.07, 6.45) is 6.68. The third kappa shape index (κ3) is 4.71. The maximum atomic E-state index is 12.6. The summed E-state index contributed by atoms with van der Waals surface area (Å²) < 4.78 is 26.6. The number of benzene rings is 1. The fourth-order valence-corrected chi connectivity index (χ4v) is 5.14. The number of anilines is 1. The molecule has 3 rings (SSSR count). The van der Waals surface area contributed by atoms with E-state index < -0.39 is 26.7 Å². The van der Waals surface area contributed by atoms with E-state index in [2.05, 4.69) is 16.2 Å². The van der Waals surface area contributed by atoms with E-state index >= 15 is 0 Å². The van der Waals surface area contributed by atoms with Gasteiger partial charge in [-0.2, -0.15) is 4.31 Å². The average Bonchev–Trinajstić information content (AvgIpc) is 3.22. The number of rotatable bonds is 6. The lowest BCUT2D eigenvalue weighted by molar-refractivity contribution is -0.384. The second-order valence-corrected chi connectivity index (χ2v) is 9.04. The highest BCUT2D eigenvalue weighted by Gasteiger charge is 2.29. The summed E-state index contributed by atoms with van der Waals surface area (Å²) in [7, 11) is -3.76. The molecular weight excluding hydrogens is 386 g/mol. The van der Waals surface area contributed by atoms with E-state index in [0.29, 0.717) is 13.1 Å². The maximum Gasteiger partial charge on any atom is 0.333 e. The number of nitrogens with one attached hydrogen (secondary N) is 3. The van der Waals surface area contributed by atoms with Crippen molar-refractivity contribution in [1.82, 2.24) is 15.0 Å². The number of carbonyl (C=O) groups excluding carboxylic acids is 1. The average molecular weight is 411 g/mol. The first-order chi connectivity index (χ1) is 13.4. The molecule has 0 aromatic heterocycles. The van der Waals surface area contributed by atoms with Crippen LogP contribution in [0.4, 0.5) is 16.2 Å². The molecule has 2 aliphatic rings. The van der Waals surface area contributed by atoms with Crippen molar-refractivity contribution in [3.63, 3.8) is 0 Å². The third-order valence-electron chi connectivity index (χ3n) is 5.12. The summed E-state index contributed by atoms with van der Waals surface area (Å²) >= 11 is 0. The number of hydrogen-bond acceptors (Lipinski definition) is 6. The van der Waals surface area contributed by atoms with Gasteiger partial charge in [-0.25, -0.2) is 13.2 Å². The second-order valence-electron chi connectivity index (χ2n) is 7.11. The van der Waals surface area contributed by atoms with Crippen LogP contribution in [-0.4, -0.2) is 42.8 Å². The van der Waals surface area contributed by atoms with Gasteiger partial charge in [0.05, 0.1) is 9.82 Å². The summed E-state index contributed by atoms with van der Waals surface area (Å²) in [6.45, 7) is 0.831. The quantitative estimate of drug-likeness (QED) is 0.486. The van der Waals surface area contributed by atoms with Gasteiger partial charge in [0.15, 0.2) is 0 Å². The normalized spacial score (nSPS) is 18.6. The predicted octanol–water partition coefficient (Wildman–Crippen LogP) is 2.34. The minimum atomic E-state index is -3.76. The van der Waals surface area contributed by atoms with E-state index in [1.807, 2.05) is 0 Å². The Morgan fingerprint density at radius 2 is 1.79 bits per heavy atom. The first-order valence-corrected chi connectivity index (χ1v) is 10.9. The fourth-order valence-electron chi connectivity index (χ4n) is 3.60. The SMILES string of the molecule is O=C(NNc1ccc(S(=O)(=O)N2CCCC2)cc1[N+](=O)[O-])NC1CCCCC1. The summed E-state index contributed by atoms with van der Waals surface area (Å²) in [4.78, 5) is 22.6. The van der Waals surface area contributed by atoms with E-state index in [1.54, 1.807) is 0 Å². The maximum absolute atomic E-state index is 12.6. The Morgan fingerprint density at radius 3 is 2.43 bits per heavy atom. The van der Waals surface area contributed by atoms with Crippen LogP contribution in [0, 0.1) is 10.1 Å². The zero-order valence-corrected chi connectivity index (χ0v) is 16.3. The number of nitro groups is 1. The molecule has 2 fully saturated rings. The second kappa shape index (κ2) is 8.74. The standard InChI is InChI=1S/C17H25N5O5S/c23-17(18-13-6-2-1-3-7-13)20-19-15-9-8-14(12-16(15)22(24)25)28(26,27)21-10-4-5-11-21/h8-9,12-13,19H,1-7,10-11H2,(H2,18,20,23). The molecule has 2 amide bonds. The number of carbonyl (C=O) groups is 1. The minimum Gasteiger partial charge on any atom is -0.334 e. The highest BCUT2D eigenvalue weighted by Crippen LogP contribution is 2.29. The van der Waals surface area contributed by atoms with Gasteiger partial charge in [0, 0.05) is 25.2 Å². The van der Waals surface area contributed by atoms with Crippen molar-refractivity contribution in [2.24, 2.45) is 0 Å². The molecule has 1 saturated carbocycles. The van der Waals surface area contributed by atoms with Gasteiger partial charge in [0.25, 0.3) is 5.69 Å². The first kappa shape index (κ1) is 20.3. The molecule has 1 aromatic rings. The molecule has 28 heavy (non-hydrogen) atoms. The number of amides is 2. The van der Waals surface area contributed by atoms with E-state index in [0.717, 1.165) is 51.0 Å². The molecule has 3 N–H and O–H groups in total. The van der Waals surface area contributed by atoms with Gasteiger partial charge in [-0.05, 0) is 37.8 Å². The van der Waals surface area contributed by atoms with E-state index in [-0.39, 0.29) is 16.6 Å². The molecule has 10 nitrogen and oxygen atoms in total. The lowest BCUT2D eigenvalue weighted by Gasteiger charge is -2.23. The van der Waals surface area contributed by atoms with Crippen molar-refractivity contribution in [3.8, 4) is 0 Å². The van der Waals surface area contributed by atoms with Crippen molar-refractivity contribution in [1.29, 1.82) is 0 Å². The Labute approximate surface area is 163 Å². The Bertz CT molecular complexity index is 832. The molecule has 0 spiro atoms. The monoisotopic (exact) mass is 411 g/mol. The number of hydrazine groups is 1. The molecule has 1 aromatic carbocycles. The van der Waals surface area contributed by atoms with Gasteiger partial charge in [-0.15, -0.1) is 0 Å². The topological polar surface area (TPSA) is 134 Å². The van der Waals surface area contributed by atoms with Crippen molar-refractivity contribution in [3.05, 3.63) is 28.3 Å². The summed E-state index contributed by atoms with van der Waals surface area (Å²) in [5.74, 6) is 0. The van der Waals surface area contributed by atoms with Crippen LogP contribution in [-0.2, 0) is 10.0 Å². The van der Waals surface area contributed by atoms with Crippen LogP contribution < -0.4 is 16.2 Å². The Hall–Kier alpha value is -2.40. The molecule has 1 heterocycles. The van der Waals surface area contributed by atoms with Crippen LogP contribution in [0.1, 0.15) is 44.9 Å². The smallest absolute Gasteiger partial charge is 0.333 e. The number of nitrogens with zero attached hydrogens (tertiary/aromatic N) is 2. The van der Waals surface area contributed by atoms with Crippen molar-refractivity contribution in [2.75, 3.05) is 18.5 Å². The van der Waals surface area contributed by atoms with Crippen molar-refractivity contribution >= 4 is 27.4 Å². The van der Waals surface area contributed by atoms with Gasteiger partial charge in [0.1, 0.15) is 5.69 Å². The van der Waals surface area contributed by atoms with Crippen LogP contribution in [0.5, 0.6) is 0 Å². The zero-order valence-electron chi connectivity index (χ0n) is 15.5. The summed E-state index contributed by atoms with van der Waals surface area (Å²) in [6, 6.07) is 3.25. The lowest BCUT2D eigenvalue weighted by atomic mass is 9.96. The fraction of sp³-hybridized carbons (Fsp3) is 0.588. The van der Waals surface area contributed by atoms with Gasteiger partial charge in [-0.1, -0.05) is 19.3 Å². The summed E-state index contributed by atoms with van der Waals surface area (Å²) in [5.41, 5.74) is 4.51. The molecule has 0 unspecified atom stereocenters. The molecule has 1 aliphatic heterocycles. The number of nitro benzene ring substituents is 1. The van der Waals surface area contributed by atoms with Crippen LogP contribution in [0.3, 0.4) is 0 Å². The molecule has 0 radical (unpaired) electrons. The zero-order chi connectivity index (χ0) is 20.1. The molecule has 11 heteroatoms. The summed E-state index contributed by atoms with van der Waals surface area (Å²) in [5, 5.41) is 14.2. The van der Waals surface area contributed by atoms with Crippen molar-refractivity contribution in [2.45, 2.75) is 55.9 Å². The number of hydrogen-bond donors (Lipinski definition) is 3. The molecule has 154 valence electrons. The van der Waals surface area contributed by atoms with Crippen LogP contribution in [0.25, 0.3) is 0 Å². The lowest BCUT2D eigenvalue weighted by Crippen LogP contribution is -2.45. The minimum absolute atomic E-state index is 0.0177. The first-order valence-electron chi connectivity index (χ1n) is 9.49. The molecule has 1 saturated heterocycles. The van der Waals surface area contributed by atoms with Crippen LogP contribution >= 0.6 is 0 Å². The molecule has 0 atom stereocenters. The van der Waals surface area contributed by atoms with E-state index in [1.165, 1.54) is 16.4 Å². The van der Waals surface area contributed by atoms with Crippen LogP contribution in [0.15, 0.2) is 23.1 Å². The highest BCUT2D eigenvalue weighted by atomic mass is 32.2. The number of sulfonamides is 1. The Balaban J connectivity index is 1.69. The number of urea groups is 1. The van der Waals surface area contributed by atoms with E-state index in [4.69, 9.17) is 0 Å². The molecule has 0 bridgehead atoms. The van der Waals surface area contributed by atoms with Crippen molar-refractivity contribution < 1.29 is 18.1 Å².